The van der Waals surface area contributed by atoms with E-state index in [0.29, 0.717) is 12.8 Å². The van der Waals surface area contributed by atoms with E-state index in [9.17, 15) is 39.6 Å². The smallest absolute Gasteiger partial charge is 0.342 e. The fourth-order valence-corrected chi connectivity index (χ4v) is 9.27. The molecular weight excluding hydrogens is 770 g/mol. The molecule has 0 saturated carbocycles. The quantitative estimate of drug-likeness (QED) is 0.170. The van der Waals surface area contributed by atoms with Gasteiger partial charge in [0, 0.05) is 51.6 Å². The number of nitrogens with zero attached hydrogens (tertiary/aromatic N) is 1. The number of carbonyl (C=O) groups is 5. The van der Waals surface area contributed by atoms with Crippen molar-refractivity contribution in [3.05, 3.63) is 92.5 Å². The second-order valence-electron chi connectivity index (χ2n) is 15.1. The van der Waals surface area contributed by atoms with Crippen molar-refractivity contribution in [3.8, 4) is 11.5 Å². The molecule has 1 saturated heterocycles. The van der Waals surface area contributed by atoms with Crippen LogP contribution in [0.5, 0.6) is 11.5 Å². The molecule has 3 aromatic carbocycles. The molecule has 59 heavy (non-hydrogen) atoms. The van der Waals surface area contributed by atoms with Gasteiger partial charge in [0.05, 0.1) is 42.1 Å². The van der Waals surface area contributed by atoms with Crippen molar-refractivity contribution in [1.29, 1.82) is 0 Å². The van der Waals surface area contributed by atoms with Crippen LogP contribution in [0, 0.1) is 6.92 Å². The SMILES string of the molecule is COC1C(C)OC(N=C2CC(=O)c3c(cc4c(c3O)C(=O)C3(OC)C(O)Cc5cc(C)c(C(=O)OCCCc6ccccc6)c(O)c5C3(OC)C4=O)C2=O)C(OC)C1O. The zero-order chi connectivity index (χ0) is 42.7. The van der Waals surface area contributed by atoms with Crippen molar-refractivity contribution in [2.24, 2.45) is 4.99 Å². The molecule has 8 unspecified atom stereocenters. The molecule has 0 aromatic heterocycles. The summed E-state index contributed by atoms with van der Waals surface area (Å²) in [6.45, 7) is 3.14. The fraction of sp³-hybridized carbons (Fsp3) is 0.442. The minimum Gasteiger partial charge on any atom is -0.507 e. The van der Waals surface area contributed by atoms with Gasteiger partial charge in [-0.3, -0.25) is 24.2 Å². The number of carbonyl (C=O) groups excluding carboxylic acids is 5. The van der Waals surface area contributed by atoms with Crippen molar-refractivity contribution in [1.82, 2.24) is 0 Å². The predicted molar refractivity (Wildman–Crippen MR) is 205 cm³/mol. The summed E-state index contributed by atoms with van der Waals surface area (Å²) in [6.07, 6.45) is -6.92. The Morgan fingerprint density at radius 3 is 2.24 bits per heavy atom. The summed E-state index contributed by atoms with van der Waals surface area (Å²) in [6, 6.07) is 12.0. The minimum absolute atomic E-state index is 0.0146. The van der Waals surface area contributed by atoms with Crippen LogP contribution in [0.4, 0.5) is 0 Å². The van der Waals surface area contributed by atoms with Crippen LogP contribution in [0.25, 0.3) is 0 Å². The summed E-state index contributed by atoms with van der Waals surface area (Å²) in [5, 5.41) is 46.5. The standard InChI is InChI=1S/C43H45NO15/c1-19-15-22-16-27(46)42(56-5)39(52)30-24(38(51)43(42,57-6)31(22)34(49)28(19)41(53)58-14-10-13-21-11-8-7-9-12-21)17-23-29(33(30)48)26(45)18-25(32(23)47)44-40-37(55-4)35(50)36(54-3)20(2)59-40/h7-9,11-12,15,17,20,27,35-37,40,46,48-50H,10,13-14,16,18H2,1-6H3. The van der Waals surface area contributed by atoms with E-state index in [1.807, 2.05) is 30.3 Å². The lowest BCUT2D eigenvalue weighted by molar-refractivity contribution is -0.228. The summed E-state index contributed by atoms with van der Waals surface area (Å²) < 4.78 is 34.0. The Labute approximate surface area is 338 Å². The van der Waals surface area contributed by atoms with E-state index in [2.05, 4.69) is 4.99 Å². The Bertz CT molecular complexity index is 2290. The summed E-state index contributed by atoms with van der Waals surface area (Å²) in [7, 11) is 4.76. The van der Waals surface area contributed by atoms with Crippen LogP contribution >= 0.6 is 0 Å². The van der Waals surface area contributed by atoms with E-state index < -0.39 is 117 Å². The number of phenolic OH excluding ortho intramolecular Hbond substituents is 2. The van der Waals surface area contributed by atoms with E-state index in [1.165, 1.54) is 27.2 Å². The van der Waals surface area contributed by atoms with Gasteiger partial charge in [-0.05, 0) is 49.4 Å². The van der Waals surface area contributed by atoms with Gasteiger partial charge in [-0.1, -0.05) is 36.4 Å². The molecular formula is C43H45NO15. The van der Waals surface area contributed by atoms with Gasteiger partial charge in [-0.2, -0.15) is 0 Å². The number of aliphatic hydroxyl groups excluding tert-OH is 2. The summed E-state index contributed by atoms with van der Waals surface area (Å²) in [5.74, 6) is -6.75. The van der Waals surface area contributed by atoms with Gasteiger partial charge in [-0.15, -0.1) is 0 Å². The first kappa shape index (κ1) is 41.9. The third-order valence-electron chi connectivity index (χ3n) is 12.0. The van der Waals surface area contributed by atoms with Gasteiger partial charge >= 0.3 is 5.97 Å². The van der Waals surface area contributed by atoms with Gasteiger partial charge in [0.15, 0.2) is 23.2 Å². The van der Waals surface area contributed by atoms with E-state index >= 15 is 4.79 Å². The average Bonchev–Trinajstić information content (AvgIpc) is 3.20. The van der Waals surface area contributed by atoms with Crippen molar-refractivity contribution in [2.45, 2.75) is 87.5 Å². The van der Waals surface area contributed by atoms with E-state index in [4.69, 9.17) is 28.4 Å². The van der Waals surface area contributed by atoms with Crippen LogP contribution in [-0.4, -0.2) is 133 Å². The number of ketones is 4. The number of fused-ring (bicyclic) bond motifs is 5. The molecule has 1 fully saturated rings. The monoisotopic (exact) mass is 815 g/mol. The average molecular weight is 816 g/mol. The molecule has 0 spiro atoms. The highest BCUT2D eigenvalue weighted by atomic mass is 16.6. The molecule has 4 N–H and O–H groups in total. The topological polar surface area (TPSA) is 234 Å². The number of benzene rings is 3. The van der Waals surface area contributed by atoms with Gasteiger partial charge in [0.25, 0.3) is 0 Å². The lowest BCUT2D eigenvalue weighted by atomic mass is 9.56. The number of esters is 1. The molecule has 3 aliphatic carbocycles. The number of hydrogen-bond donors (Lipinski definition) is 4. The van der Waals surface area contributed by atoms with Gasteiger partial charge in [0.2, 0.25) is 17.3 Å². The predicted octanol–water partition coefficient (Wildman–Crippen LogP) is 2.76. The number of aryl methyl sites for hydroxylation is 2. The third kappa shape index (κ3) is 6.15. The lowest BCUT2D eigenvalue weighted by Gasteiger charge is -2.54. The fourth-order valence-electron chi connectivity index (χ4n) is 9.27. The Kier molecular flexibility index (Phi) is 11.2. The number of phenols is 2. The second kappa shape index (κ2) is 15.8. The van der Waals surface area contributed by atoms with E-state index in [-0.39, 0.29) is 41.0 Å². The van der Waals surface area contributed by atoms with Gasteiger partial charge < -0.3 is 48.8 Å². The first-order chi connectivity index (χ1) is 28.1. The first-order valence-corrected chi connectivity index (χ1v) is 19.0. The number of rotatable bonds is 10. The van der Waals surface area contributed by atoms with Crippen molar-refractivity contribution in [2.75, 3.05) is 35.0 Å². The Balaban J connectivity index is 1.33. The molecule has 16 nitrogen and oxygen atoms in total. The number of hydrogen-bond acceptors (Lipinski definition) is 16. The van der Waals surface area contributed by atoms with Crippen LogP contribution in [0.2, 0.25) is 0 Å². The largest absolute Gasteiger partial charge is 0.507 e. The molecule has 0 radical (unpaired) electrons. The normalized spacial score (nSPS) is 29.5. The summed E-state index contributed by atoms with van der Waals surface area (Å²) in [4.78, 5) is 76.1. The number of ether oxygens (including phenoxy) is 6. The second-order valence-corrected chi connectivity index (χ2v) is 15.1. The Morgan fingerprint density at radius 2 is 1.59 bits per heavy atom. The molecule has 8 atom stereocenters. The number of aromatic hydroxyl groups is 2. The highest BCUT2D eigenvalue weighted by Gasteiger charge is 2.74. The Morgan fingerprint density at radius 1 is 0.898 bits per heavy atom. The molecule has 1 heterocycles. The van der Waals surface area contributed by atoms with Gasteiger partial charge in [0.1, 0.15) is 35.4 Å². The molecule has 1 aliphatic heterocycles. The number of aliphatic imine (C=N–C) groups is 1. The number of aliphatic hydroxyl groups is 2. The van der Waals surface area contributed by atoms with Crippen LogP contribution < -0.4 is 0 Å². The van der Waals surface area contributed by atoms with Crippen LogP contribution in [0.3, 0.4) is 0 Å². The highest BCUT2D eigenvalue weighted by Crippen LogP contribution is 2.58. The first-order valence-electron chi connectivity index (χ1n) is 19.0. The number of Topliss-reactive ketones (excluding diaryl/α,β-unsaturated/α-hetero) is 4. The summed E-state index contributed by atoms with van der Waals surface area (Å²) >= 11 is 0. The van der Waals surface area contributed by atoms with Crippen LogP contribution in [-0.2, 0) is 46.9 Å². The number of methoxy groups -OCH3 is 4. The van der Waals surface area contributed by atoms with Crippen molar-refractivity contribution < 1.29 is 72.8 Å². The molecule has 7 rings (SSSR count). The van der Waals surface area contributed by atoms with Crippen LogP contribution in [0.1, 0.15) is 93.8 Å². The molecule has 312 valence electrons. The maximum atomic E-state index is 15.2. The van der Waals surface area contributed by atoms with E-state index in [1.54, 1.807) is 6.92 Å². The van der Waals surface area contributed by atoms with Crippen molar-refractivity contribution in [3.63, 3.8) is 0 Å². The molecule has 16 heteroatoms. The highest BCUT2D eigenvalue weighted by molar-refractivity contribution is 6.53. The maximum absolute atomic E-state index is 15.2. The molecule has 4 aliphatic rings. The minimum atomic E-state index is -2.72. The third-order valence-corrected chi connectivity index (χ3v) is 12.0. The molecule has 3 aromatic rings. The summed E-state index contributed by atoms with van der Waals surface area (Å²) in [5.41, 5.74) is -7.36. The molecule has 0 bridgehead atoms. The zero-order valence-corrected chi connectivity index (χ0v) is 33.3. The van der Waals surface area contributed by atoms with E-state index in [0.717, 1.165) is 25.8 Å². The Hall–Kier alpha value is -5.20. The van der Waals surface area contributed by atoms with Crippen molar-refractivity contribution >= 4 is 34.8 Å². The molecule has 0 amide bonds. The zero-order valence-electron chi connectivity index (χ0n) is 33.3. The lowest BCUT2D eigenvalue weighted by Crippen LogP contribution is -2.73. The van der Waals surface area contributed by atoms with Crippen LogP contribution in [0.15, 0.2) is 47.5 Å². The van der Waals surface area contributed by atoms with Gasteiger partial charge in [-0.25, -0.2) is 4.79 Å². The maximum Gasteiger partial charge on any atom is 0.342 e.